The Morgan fingerprint density at radius 2 is 2.00 bits per heavy atom. The van der Waals surface area contributed by atoms with Gasteiger partial charge in [-0.25, -0.2) is 0 Å². The summed E-state index contributed by atoms with van der Waals surface area (Å²) < 4.78 is 0. The molecule has 0 heterocycles. The Bertz CT molecular complexity index is 178. The lowest BCUT2D eigenvalue weighted by atomic mass is 10.1. The van der Waals surface area contributed by atoms with Gasteiger partial charge >= 0.3 is 0 Å². The highest BCUT2D eigenvalue weighted by atomic mass is 14.0. The summed E-state index contributed by atoms with van der Waals surface area (Å²) in [6.07, 6.45) is 9.82. The molecular weight excluding hydrogens is 144 g/mol. The summed E-state index contributed by atoms with van der Waals surface area (Å²) in [6, 6.07) is 0. The summed E-state index contributed by atoms with van der Waals surface area (Å²) in [5.74, 6) is 0. The van der Waals surface area contributed by atoms with E-state index in [1.165, 1.54) is 17.6 Å². The minimum Gasteiger partial charge on any atom is -0.103 e. The molecule has 0 bridgehead atoms. The quantitative estimate of drug-likeness (QED) is 0.533. The van der Waals surface area contributed by atoms with Gasteiger partial charge in [-0.1, -0.05) is 29.4 Å². The van der Waals surface area contributed by atoms with Gasteiger partial charge in [0.2, 0.25) is 0 Å². The Kier molecular flexibility index (Phi) is 6.45. The number of rotatable bonds is 5. The second-order valence-corrected chi connectivity index (χ2v) is 3.26. The van der Waals surface area contributed by atoms with Crippen LogP contribution in [0, 0.1) is 0 Å². The van der Waals surface area contributed by atoms with E-state index >= 15 is 0 Å². The van der Waals surface area contributed by atoms with Gasteiger partial charge in [0.05, 0.1) is 0 Å². The van der Waals surface area contributed by atoms with E-state index in [9.17, 15) is 0 Å². The monoisotopic (exact) mass is 164 g/mol. The van der Waals surface area contributed by atoms with Gasteiger partial charge in [0.25, 0.3) is 0 Å². The number of hydrogen-bond acceptors (Lipinski definition) is 0. The van der Waals surface area contributed by atoms with Crippen LogP contribution in [0.2, 0.25) is 0 Å². The van der Waals surface area contributed by atoms with Crippen molar-refractivity contribution >= 4 is 0 Å². The zero-order chi connectivity index (χ0) is 9.40. The molecule has 0 amide bonds. The van der Waals surface area contributed by atoms with Crippen molar-refractivity contribution in [1.29, 1.82) is 0 Å². The molecule has 0 atom stereocenters. The maximum Gasteiger partial charge on any atom is -0.0142 e. The normalized spacial score (nSPS) is 11.1. The molecule has 0 spiro atoms. The van der Waals surface area contributed by atoms with Crippen LogP contribution in [-0.2, 0) is 0 Å². The van der Waals surface area contributed by atoms with Crippen molar-refractivity contribution in [2.24, 2.45) is 0 Å². The lowest BCUT2D eigenvalue weighted by molar-refractivity contribution is 0.929. The lowest BCUT2D eigenvalue weighted by Crippen LogP contribution is -1.80. The molecule has 68 valence electrons. The standard InChI is InChI=1S/C12H20/c1-5-8-12(6-2)10-7-9-11(3)4/h5-6,9H,1,7-8,10H2,2-4H3/b12-6-. The van der Waals surface area contributed by atoms with E-state index in [1.54, 1.807) is 0 Å². The molecule has 0 fully saturated rings. The third-order valence-corrected chi connectivity index (χ3v) is 1.83. The van der Waals surface area contributed by atoms with E-state index in [2.05, 4.69) is 39.5 Å². The van der Waals surface area contributed by atoms with Crippen molar-refractivity contribution in [1.82, 2.24) is 0 Å². The molecule has 0 aliphatic rings. The molecule has 0 rings (SSSR count). The largest absolute Gasteiger partial charge is 0.103 e. The fourth-order valence-corrected chi connectivity index (χ4v) is 1.10. The molecular formula is C12H20. The van der Waals surface area contributed by atoms with Gasteiger partial charge < -0.3 is 0 Å². The van der Waals surface area contributed by atoms with Gasteiger partial charge in [0.1, 0.15) is 0 Å². The second-order valence-electron chi connectivity index (χ2n) is 3.26. The van der Waals surface area contributed by atoms with Crippen LogP contribution >= 0.6 is 0 Å². The average Bonchev–Trinajstić information content (AvgIpc) is 2.02. The molecule has 0 aromatic carbocycles. The number of allylic oxidation sites excluding steroid dienone is 5. The van der Waals surface area contributed by atoms with Crippen molar-refractivity contribution in [3.63, 3.8) is 0 Å². The first-order chi connectivity index (χ1) is 5.70. The number of hydrogen-bond donors (Lipinski definition) is 0. The highest BCUT2D eigenvalue weighted by molar-refractivity contribution is 5.07. The zero-order valence-corrected chi connectivity index (χ0v) is 8.56. The van der Waals surface area contributed by atoms with Gasteiger partial charge in [-0.15, -0.1) is 6.58 Å². The summed E-state index contributed by atoms with van der Waals surface area (Å²) >= 11 is 0. The molecule has 0 saturated carbocycles. The topological polar surface area (TPSA) is 0 Å². The van der Waals surface area contributed by atoms with Crippen molar-refractivity contribution < 1.29 is 0 Å². The van der Waals surface area contributed by atoms with Crippen molar-refractivity contribution in [3.8, 4) is 0 Å². The van der Waals surface area contributed by atoms with Crippen LogP contribution in [0.15, 0.2) is 36.0 Å². The fourth-order valence-electron chi connectivity index (χ4n) is 1.10. The van der Waals surface area contributed by atoms with Crippen LogP contribution in [0.4, 0.5) is 0 Å². The van der Waals surface area contributed by atoms with Gasteiger partial charge in [-0.05, 0) is 40.0 Å². The van der Waals surface area contributed by atoms with Gasteiger partial charge in [0.15, 0.2) is 0 Å². The van der Waals surface area contributed by atoms with E-state index in [-0.39, 0.29) is 0 Å². The summed E-state index contributed by atoms with van der Waals surface area (Å²) in [4.78, 5) is 0. The third kappa shape index (κ3) is 5.96. The highest BCUT2D eigenvalue weighted by Crippen LogP contribution is 2.11. The molecule has 0 radical (unpaired) electrons. The van der Waals surface area contributed by atoms with Gasteiger partial charge in [0, 0.05) is 0 Å². The minimum absolute atomic E-state index is 1.03. The van der Waals surface area contributed by atoms with E-state index in [4.69, 9.17) is 0 Å². The highest BCUT2D eigenvalue weighted by Gasteiger charge is 1.91. The summed E-state index contributed by atoms with van der Waals surface area (Å²) in [5, 5.41) is 0. The Morgan fingerprint density at radius 3 is 2.42 bits per heavy atom. The molecule has 0 aliphatic heterocycles. The lowest BCUT2D eigenvalue weighted by Gasteiger charge is -2.00. The smallest absolute Gasteiger partial charge is 0.0142 e. The Balaban J connectivity index is 3.74. The zero-order valence-electron chi connectivity index (χ0n) is 8.56. The average molecular weight is 164 g/mol. The van der Waals surface area contributed by atoms with Crippen LogP contribution in [0.25, 0.3) is 0 Å². The van der Waals surface area contributed by atoms with Crippen LogP contribution in [0.3, 0.4) is 0 Å². The molecule has 0 aromatic rings. The predicted molar refractivity (Wildman–Crippen MR) is 57.2 cm³/mol. The van der Waals surface area contributed by atoms with Gasteiger partial charge in [-0.2, -0.15) is 0 Å². The third-order valence-electron chi connectivity index (χ3n) is 1.83. The molecule has 0 saturated heterocycles. The van der Waals surface area contributed by atoms with Crippen molar-refractivity contribution in [3.05, 3.63) is 36.0 Å². The molecule has 0 nitrogen and oxygen atoms in total. The minimum atomic E-state index is 1.03. The Hall–Kier alpha value is -0.780. The molecule has 0 heteroatoms. The van der Waals surface area contributed by atoms with Gasteiger partial charge in [-0.3, -0.25) is 0 Å². The first-order valence-corrected chi connectivity index (χ1v) is 4.59. The van der Waals surface area contributed by atoms with Crippen LogP contribution < -0.4 is 0 Å². The van der Waals surface area contributed by atoms with Crippen LogP contribution in [0.1, 0.15) is 40.0 Å². The molecule has 12 heavy (non-hydrogen) atoms. The Morgan fingerprint density at radius 1 is 1.33 bits per heavy atom. The first-order valence-electron chi connectivity index (χ1n) is 4.59. The molecule has 0 aromatic heterocycles. The van der Waals surface area contributed by atoms with E-state index < -0.39 is 0 Å². The van der Waals surface area contributed by atoms with E-state index in [0.717, 1.165) is 12.8 Å². The maximum atomic E-state index is 3.74. The Labute approximate surface area is 76.7 Å². The molecule has 0 aliphatic carbocycles. The second kappa shape index (κ2) is 6.90. The van der Waals surface area contributed by atoms with Crippen molar-refractivity contribution in [2.45, 2.75) is 40.0 Å². The van der Waals surface area contributed by atoms with E-state index in [0.29, 0.717) is 0 Å². The van der Waals surface area contributed by atoms with E-state index in [1.807, 2.05) is 6.08 Å². The predicted octanol–water partition coefficient (Wildman–Crippen LogP) is 4.26. The fraction of sp³-hybridized carbons (Fsp3) is 0.500. The summed E-state index contributed by atoms with van der Waals surface area (Å²) in [5.41, 5.74) is 2.89. The maximum absolute atomic E-state index is 3.74. The van der Waals surface area contributed by atoms with Crippen LogP contribution in [0.5, 0.6) is 0 Å². The summed E-state index contributed by atoms with van der Waals surface area (Å²) in [6.45, 7) is 10.1. The molecule has 0 unspecified atom stereocenters. The van der Waals surface area contributed by atoms with Crippen LogP contribution in [-0.4, -0.2) is 0 Å². The first kappa shape index (κ1) is 11.2. The SMILES string of the molecule is C=CC/C(=C/C)CCC=C(C)C. The molecule has 0 N–H and O–H groups in total. The summed E-state index contributed by atoms with van der Waals surface area (Å²) in [7, 11) is 0. The van der Waals surface area contributed by atoms with Crippen molar-refractivity contribution in [2.75, 3.05) is 0 Å².